The fraction of sp³-hybridized carbons (Fsp3) is 0.188. The first kappa shape index (κ1) is 18.6. The number of benzene rings is 1. The zero-order valence-electron chi connectivity index (χ0n) is 13.5. The number of hydrogen-bond donors (Lipinski definition) is 2. The molecule has 0 aliphatic carbocycles. The number of carbonyl (C=O) groups excluding carboxylic acids is 1. The number of amides is 1. The molecule has 2 aromatic rings. The normalized spacial score (nSPS) is 13.1. The molecule has 0 bridgehead atoms. The molecular formula is C16H14ClF2N3O3S. The van der Waals surface area contributed by atoms with Crippen molar-refractivity contribution in [2.45, 2.75) is 18.4 Å². The van der Waals surface area contributed by atoms with Crippen LogP contribution in [-0.2, 0) is 16.6 Å². The summed E-state index contributed by atoms with van der Waals surface area (Å²) in [6.45, 7) is 2.04. The molecule has 138 valence electrons. The lowest BCUT2D eigenvalue weighted by molar-refractivity contribution is 0.101. The number of anilines is 1. The van der Waals surface area contributed by atoms with Crippen LogP contribution in [0.3, 0.4) is 0 Å². The van der Waals surface area contributed by atoms with E-state index >= 15 is 0 Å². The molecule has 6 nitrogen and oxygen atoms in total. The Hall–Kier alpha value is -2.23. The summed E-state index contributed by atoms with van der Waals surface area (Å²) in [5, 5.41) is 2.17. The molecule has 1 aliphatic heterocycles. The number of nitrogens with one attached hydrogen (secondary N) is 2. The van der Waals surface area contributed by atoms with Gasteiger partial charge in [-0.15, -0.1) is 0 Å². The van der Waals surface area contributed by atoms with E-state index in [2.05, 4.69) is 10.0 Å². The Morgan fingerprint density at radius 1 is 1.31 bits per heavy atom. The van der Waals surface area contributed by atoms with E-state index in [1.807, 2.05) is 0 Å². The summed E-state index contributed by atoms with van der Waals surface area (Å²) >= 11 is 6.22. The van der Waals surface area contributed by atoms with Crippen molar-refractivity contribution in [2.24, 2.45) is 0 Å². The van der Waals surface area contributed by atoms with Crippen LogP contribution in [0.25, 0.3) is 6.08 Å². The molecule has 1 amide bonds. The van der Waals surface area contributed by atoms with E-state index in [4.69, 9.17) is 11.6 Å². The molecule has 2 N–H and O–H groups in total. The summed E-state index contributed by atoms with van der Waals surface area (Å²) in [7, 11) is -3.91. The Morgan fingerprint density at radius 3 is 2.69 bits per heavy atom. The van der Waals surface area contributed by atoms with Gasteiger partial charge in [0.2, 0.25) is 10.0 Å². The summed E-state index contributed by atoms with van der Waals surface area (Å²) in [5.74, 6) is -2.90. The molecule has 0 fully saturated rings. The van der Waals surface area contributed by atoms with Crippen LogP contribution >= 0.6 is 11.6 Å². The van der Waals surface area contributed by atoms with Gasteiger partial charge in [0.1, 0.15) is 10.6 Å². The predicted molar refractivity (Wildman–Crippen MR) is 93.6 cm³/mol. The minimum absolute atomic E-state index is 0.0163. The monoisotopic (exact) mass is 401 g/mol. The van der Waals surface area contributed by atoms with Gasteiger partial charge in [-0.1, -0.05) is 24.6 Å². The minimum atomic E-state index is -3.91. The number of rotatable bonds is 5. The van der Waals surface area contributed by atoms with Gasteiger partial charge in [0, 0.05) is 24.8 Å². The number of hydrogen-bond acceptors (Lipinski definition) is 3. The van der Waals surface area contributed by atoms with Crippen molar-refractivity contribution in [1.82, 2.24) is 9.29 Å². The second kappa shape index (κ2) is 6.82. The largest absolute Gasteiger partial charge is 0.331 e. The smallest absolute Gasteiger partial charge is 0.273 e. The Kier molecular flexibility index (Phi) is 4.87. The maximum atomic E-state index is 13.3. The van der Waals surface area contributed by atoms with Crippen molar-refractivity contribution in [3.05, 3.63) is 52.3 Å². The number of halogens is 3. The van der Waals surface area contributed by atoms with Crippen LogP contribution in [0.2, 0.25) is 5.02 Å². The number of fused-ring (bicyclic) bond motifs is 1. The zero-order valence-corrected chi connectivity index (χ0v) is 15.1. The van der Waals surface area contributed by atoms with E-state index in [0.717, 1.165) is 12.1 Å². The number of allylic oxidation sites excluding steroid dienone is 1. The minimum Gasteiger partial charge on any atom is -0.331 e. The van der Waals surface area contributed by atoms with Crippen LogP contribution < -0.4 is 10.0 Å². The van der Waals surface area contributed by atoms with Crippen LogP contribution in [0.4, 0.5) is 14.5 Å². The number of aromatic nitrogens is 1. The van der Waals surface area contributed by atoms with Crippen LogP contribution in [0.1, 0.15) is 23.1 Å². The highest BCUT2D eigenvalue weighted by Crippen LogP contribution is 2.35. The average Bonchev–Trinajstić information content (AvgIpc) is 3.09. The zero-order chi connectivity index (χ0) is 19.1. The summed E-state index contributed by atoms with van der Waals surface area (Å²) in [4.78, 5) is 12.4. The molecule has 0 saturated carbocycles. The second-order valence-electron chi connectivity index (χ2n) is 5.47. The Bertz CT molecular complexity index is 1030. The first-order valence-corrected chi connectivity index (χ1v) is 9.47. The number of sulfonamides is 1. The van der Waals surface area contributed by atoms with Crippen molar-refractivity contribution >= 4 is 39.3 Å². The van der Waals surface area contributed by atoms with E-state index in [1.54, 1.807) is 19.1 Å². The maximum absolute atomic E-state index is 13.3. The molecular weight excluding hydrogens is 388 g/mol. The maximum Gasteiger partial charge on any atom is 0.273 e. The molecule has 3 rings (SSSR count). The van der Waals surface area contributed by atoms with Gasteiger partial charge in [-0.3, -0.25) is 4.79 Å². The van der Waals surface area contributed by atoms with E-state index in [1.165, 1.54) is 10.6 Å². The third-order valence-electron chi connectivity index (χ3n) is 3.76. The summed E-state index contributed by atoms with van der Waals surface area (Å²) < 4.78 is 55.0. The Labute approximate surface area is 153 Å². The number of carbonyl (C=O) groups is 1. The standard InChI is InChI=1S/C16H14ClF2N3O3S/c1-2-20-26(24,25)15-12-4-3-7-22(12)14(13(15)17)16(23)21-9-5-6-10(18)11(19)8-9/h3-6,8,20H,2,7H2,1H3,(H,21,23). The lowest BCUT2D eigenvalue weighted by atomic mass is 10.3. The van der Waals surface area contributed by atoms with E-state index in [-0.39, 0.29) is 40.1 Å². The van der Waals surface area contributed by atoms with Gasteiger partial charge in [0.15, 0.2) is 11.6 Å². The van der Waals surface area contributed by atoms with Gasteiger partial charge in [0.05, 0.1) is 10.7 Å². The van der Waals surface area contributed by atoms with Crippen LogP contribution in [0, 0.1) is 11.6 Å². The third-order valence-corrected chi connectivity index (χ3v) is 5.86. The fourth-order valence-electron chi connectivity index (χ4n) is 2.71. The van der Waals surface area contributed by atoms with Crippen molar-refractivity contribution in [3.8, 4) is 0 Å². The van der Waals surface area contributed by atoms with E-state index < -0.39 is 27.6 Å². The van der Waals surface area contributed by atoms with Crippen molar-refractivity contribution < 1.29 is 22.0 Å². The van der Waals surface area contributed by atoms with Crippen LogP contribution in [0.15, 0.2) is 29.2 Å². The van der Waals surface area contributed by atoms with Gasteiger partial charge in [-0.05, 0) is 18.2 Å². The first-order chi connectivity index (χ1) is 12.3. The van der Waals surface area contributed by atoms with Gasteiger partial charge >= 0.3 is 0 Å². The molecule has 0 radical (unpaired) electrons. The Balaban J connectivity index is 2.03. The highest BCUT2D eigenvalue weighted by molar-refractivity contribution is 7.89. The molecule has 0 saturated heterocycles. The highest BCUT2D eigenvalue weighted by Gasteiger charge is 2.33. The first-order valence-electron chi connectivity index (χ1n) is 7.61. The number of nitrogens with zero attached hydrogens (tertiary/aromatic N) is 1. The summed E-state index contributed by atoms with van der Waals surface area (Å²) in [6, 6.07) is 2.88. The molecule has 1 aliphatic rings. The quantitative estimate of drug-likeness (QED) is 0.808. The van der Waals surface area contributed by atoms with Gasteiger partial charge < -0.3 is 9.88 Å². The molecule has 1 aromatic carbocycles. The third kappa shape index (κ3) is 3.13. The van der Waals surface area contributed by atoms with E-state index in [9.17, 15) is 22.0 Å². The van der Waals surface area contributed by atoms with Gasteiger partial charge in [0.25, 0.3) is 5.91 Å². The average molecular weight is 402 g/mol. The lowest BCUT2D eigenvalue weighted by Gasteiger charge is -2.08. The fourth-order valence-corrected chi connectivity index (χ4v) is 4.61. The summed E-state index contributed by atoms with van der Waals surface area (Å²) in [6.07, 6.45) is 3.25. The highest BCUT2D eigenvalue weighted by atomic mass is 35.5. The molecule has 0 spiro atoms. The molecule has 26 heavy (non-hydrogen) atoms. The Morgan fingerprint density at radius 2 is 2.04 bits per heavy atom. The predicted octanol–water partition coefficient (Wildman–Crippen LogP) is 3.00. The summed E-state index contributed by atoms with van der Waals surface area (Å²) in [5.41, 5.74) is 0.224. The van der Waals surface area contributed by atoms with Crippen LogP contribution in [0.5, 0.6) is 0 Å². The topological polar surface area (TPSA) is 80.2 Å². The molecule has 10 heteroatoms. The SMILES string of the molecule is CCNS(=O)(=O)c1c(Cl)c(C(=O)Nc2ccc(F)c(F)c2)n2c1C=CC2. The van der Waals surface area contributed by atoms with Crippen LogP contribution in [-0.4, -0.2) is 25.4 Å². The van der Waals surface area contributed by atoms with Crippen molar-refractivity contribution in [1.29, 1.82) is 0 Å². The molecule has 0 atom stereocenters. The molecule has 1 aromatic heterocycles. The van der Waals surface area contributed by atoms with Gasteiger partial charge in [-0.2, -0.15) is 0 Å². The van der Waals surface area contributed by atoms with Gasteiger partial charge in [-0.25, -0.2) is 21.9 Å². The van der Waals surface area contributed by atoms with Crippen molar-refractivity contribution in [3.63, 3.8) is 0 Å². The second-order valence-corrected chi connectivity index (χ2v) is 7.56. The van der Waals surface area contributed by atoms with E-state index in [0.29, 0.717) is 0 Å². The molecule has 0 unspecified atom stereocenters. The van der Waals surface area contributed by atoms with Crippen molar-refractivity contribution in [2.75, 3.05) is 11.9 Å². The lowest BCUT2D eigenvalue weighted by Crippen LogP contribution is -2.23. The molecule has 2 heterocycles.